The molecule has 1 amide bonds. The predicted octanol–water partition coefficient (Wildman–Crippen LogP) is 2.82. The zero-order valence-corrected chi connectivity index (χ0v) is 13.6. The normalized spacial score (nSPS) is 14.0. The Labute approximate surface area is 128 Å². The minimum atomic E-state index is -0.629. The van der Waals surface area contributed by atoms with E-state index >= 15 is 0 Å². The second kappa shape index (κ2) is 8.03. The number of para-hydroxylation sites is 1. The molecular formula is C17H28N2O2. The molecule has 4 heteroatoms. The Kier molecular flexibility index (Phi) is 6.69. The highest BCUT2D eigenvalue weighted by atomic mass is 16.5. The van der Waals surface area contributed by atoms with Crippen LogP contribution in [0.1, 0.15) is 51.5 Å². The average Bonchev–Trinajstić information content (AvgIpc) is 2.46. The van der Waals surface area contributed by atoms with Crippen molar-refractivity contribution in [1.82, 2.24) is 5.32 Å². The van der Waals surface area contributed by atoms with Crippen molar-refractivity contribution in [3.05, 3.63) is 29.8 Å². The van der Waals surface area contributed by atoms with Gasteiger partial charge in [-0.1, -0.05) is 32.0 Å². The molecule has 0 saturated carbocycles. The highest BCUT2D eigenvalue weighted by Crippen LogP contribution is 2.26. The van der Waals surface area contributed by atoms with E-state index in [1.807, 2.05) is 25.1 Å². The monoisotopic (exact) mass is 292 g/mol. The number of benzene rings is 1. The van der Waals surface area contributed by atoms with Crippen molar-refractivity contribution >= 4 is 5.91 Å². The summed E-state index contributed by atoms with van der Waals surface area (Å²) in [4.78, 5) is 11.4. The Bertz CT molecular complexity index is 460. The fourth-order valence-electron chi connectivity index (χ4n) is 2.22. The first-order chi connectivity index (χ1) is 9.90. The first kappa shape index (κ1) is 17.5. The first-order valence-corrected chi connectivity index (χ1v) is 7.61. The van der Waals surface area contributed by atoms with E-state index in [-0.39, 0.29) is 5.91 Å². The van der Waals surface area contributed by atoms with E-state index in [1.54, 1.807) is 7.05 Å². The van der Waals surface area contributed by atoms with Gasteiger partial charge in [0.05, 0.1) is 12.1 Å². The molecule has 0 spiro atoms. The van der Waals surface area contributed by atoms with Crippen molar-refractivity contribution in [2.45, 2.75) is 51.5 Å². The highest BCUT2D eigenvalue weighted by Gasteiger charge is 2.27. The second-order valence-electron chi connectivity index (χ2n) is 5.94. The largest absolute Gasteiger partial charge is 0.493 e. The van der Waals surface area contributed by atoms with Crippen LogP contribution in [0.5, 0.6) is 5.75 Å². The Morgan fingerprint density at radius 3 is 2.57 bits per heavy atom. The van der Waals surface area contributed by atoms with E-state index in [0.717, 1.165) is 18.6 Å². The molecule has 0 fully saturated rings. The van der Waals surface area contributed by atoms with Crippen LogP contribution in [0.4, 0.5) is 0 Å². The van der Waals surface area contributed by atoms with Gasteiger partial charge >= 0.3 is 0 Å². The lowest BCUT2D eigenvalue weighted by molar-refractivity contribution is -0.123. The number of carbonyl (C=O) groups is 1. The third-order valence-corrected chi connectivity index (χ3v) is 3.97. The van der Waals surface area contributed by atoms with Crippen LogP contribution in [0, 0.1) is 0 Å². The van der Waals surface area contributed by atoms with Gasteiger partial charge in [-0.05, 0) is 50.8 Å². The molecule has 1 unspecified atom stereocenters. The van der Waals surface area contributed by atoms with E-state index < -0.39 is 5.54 Å². The van der Waals surface area contributed by atoms with E-state index in [0.29, 0.717) is 18.9 Å². The zero-order valence-electron chi connectivity index (χ0n) is 13.6. The minimum Gasteiger partial charge on any atom is -0.493 e. The van der Waals surface area contributed by atoms with Crippen LogP contribution in [-0.2, 0) is 4.79 Å². The standard InChI is InChI=1S/C17H28N2O2/c1-13(2)14-9-5-6-10-15(14)21-12-8-7-11-17(3,19-4)16(18)20/h5-6,9-10,13,19H,7-8,11-12H2,1-4H3,(H2,18,20). The molecular weight excluding hydrogens is 264 g/mol. The van der Waals surface area contributed by atoms with Crippen LogP contribution in [0.25, 0.3) is 0 Å². The summed E-state index contributed by atoms with van der Waals surface area (Å²) in [6, 6.07) is 8.14. The molecule has 118 valence electrons. The highest BCUT2D eigenvalue weighted by molar-refractivity contribution is 5.84. The Balaban J connectivity index is 2.40. The molecule has 1 aromatic carbocycles. The Hall–Kier alpha value is -1.55. The SMILES string of the molecule is CNC(C)(CCCCOc1ccccc1C(C)C)C(N)=O. The number of nitrogens with two attached hydrogens (primary N) is 1. The molecule has 3 N–H and O–H groups in total. The molecule has 0 aliphatic carbocycles. The number of unbranched alkanes of at least 4 members (excludes halogenated alkanes) is 1. The first-order valence-electron chi connectivity index (χ1n) is 7.61. The summed E-state index contributed by atoms with van der Waals surface area (Å²) in [5.41, 5.74) is 6.01. The van der Waals surface area contributed by atoms with Gasteiger partial charge in [-0.3, -0.25) is 4.79 Å². The molecule has 0 aliphatic heterocycles. The maximum absolute atomic E-state index is 11.4. The number of likely N-dealkylation sites (N-methyl/N-ethyl adjacent to an activating group) is 1. The van der Waals surface area contributed by atoms with Gasteiger partial charge in [-0.25, -0.2) is 0 Å². The summed E-state index contributed by atoms with van der Waals surface area (Å²) in [6.45, 7) is 6.81. The van der Waals surface area contributed by atoms with Gasteiger partial charge in [-0.15, -0.1) is 0 Å². The number of carbonyl (C=O) groups excluding carboxylic acids is 1. The number of ether oxygens (including phenoxy) is 1. The van der Waals surface area contributed by atoms with E-state index in [2.05, 4.69) is 25.2 Å². The molecule has 0 aromatic heterocycles. The lowest BCUT2D eigenvalue weighted by atomic mass is 9.94. The van der Waals surface area contributed by atoms with Crippen molar-refractivity contribution in [2.75, 3.05) is 13.7 Å². The van der Waals surface area contributed by atoms with Crippen LogP contribution in [-0.4, -0.2) is 25.1 Å². The van der Waals surface area contributed by atoms with Crippen molar-refractivity contribution in [1.29, 1.82) is 0 Å². The predicted molar refractivity (Wildman–Crippen MR) is 86.5 cm³/mol. The van der Waals surface area contributed by atoms with Crippen LogP contribution in [0.2, 0.25) is 0 Å². The summed E-state index contributed by atoms with van der Waals surface area (Å²) in [5, 5.41) is 3.00. The fourth-order valence-corrected chi connectivity index (χ4v) is 2.22. The number of nitrogens with one attached hydrogen (secondary N) is 1. The quantitative estimate of drug-likeness (QED) is 0.688. The number of hydrogen-bond acceptors (Lipinski definition) is 3. The van der Waals surface area contributed by atoms with E-state index in [1.165, 1.54) is 5.56 Å². The number of amides is 1. The van der Waals surface area contributed by atoms with Gasteiger partial charge in [0, 0.05) is 0 Å². The van der Waals surface area contributed by atoms with Crippen LogP contribution in [0.3, 0.4) is 0 Å². The molecule has 0 saturated heterocycles. The number of hydrogen-bond donors (Lipinski definition) is 2. The Morgan fingerprint density at radius 1 is 1.33 bits per heavy atom. The van der Waals surface area contributed by atoms with Gasteiger partial charge in [0.1, 0.15) is 5.75 Å². The lowest BCUT2D eigenvalue weighted by Crippen LogP contribution is -2.51. The summed E-state index contributed by atoms with van der Waals surface area (Å²) in [5.74, 6) is 1.10. The van der Waals surface area contributed by atoms with Crippen molar-refractivity contribution in [2.24, 2.45) is 5.73 Å². The lowest BCUT2D eigenvalue weighted by Gasteiger charge is -2.25. The molecule has 4 nitrogen and oxygen atoms in total. The van der Waals surface area contributed by atoms with Crippen molar-refractivity contribution < 1.29 is 9.53 Å². The second-order valence-corrected chi connectivity index (χ2v) is 5.94. The molecule has 0 bridgehead atoms. The topological polar surface area (TPSA) is 64.3 Å². The molecule has 1 atom stereocenters. The van der Waals surface area contributed by atoms with Gasteiger partial charge < -0.3 is 15.8 Å². The molecule has 1 rings (SSSR count). The fraction of sp³-hybridized carbons (Fsp3) is 0.588. The maximum atomic E-state index is 11.4. The van der Waals surface area contributed by atoms with E-state index in [4.69, 9.17) is 10.5 Å². The van der Waals surface area contributed by atoms with Crippen LogP contribution >= 0.6 is 0 Å². The van der Waals surface area contributed by atoms with Gasteiger partial charge in [0.15, 0.2) is 0 Å². The Morgan fingerprint density at radius 2 is 2.00 bits per heavy atom. The van der Waals surface area contributed by atoms with Crippen LogP contribution < -0.4 is 15.8 Å². The van der Waals surface area contributed by atoms with Gasteiger partial charge in [0.2, 0.25) is 5.91 Å². The average molecular weight is 292 g/mol. The van der Waals surface area contributed by atoms with Crippen LogP contribution in [0.15, 0.2) is 24.3 Å². The van der Waals surface area contributed by atoms with Crippen molar-refractivity contribution in [3.63, 3.8) is 0 Å². The molecule has 0 aliphatic rings. The molecule has 1 aromatic rings. The zero-order chi connectivity index (χ0) is 15.9. The third kappa shape index (κ3) is 5.05. The van der Waals surface area contributed by atoms with Crippen molar-refractivity contribution in [3.8, 4) is 5.75 Å². The number of primary amides is 1. The van der Waals surface area contributed by atoms with Gasteiger partial charge in [0.25, 0.3) is 0 Å². The van der Waals surface area contributed by atoms with Gasteiger partial charge in [-0.2, -0.15) is 0 Å². The third-order valence-electron chi connectivity index (χ3n) is 3.97. The molecule has 21 heavy (non-hydrogen) atoms. The molecule has 0 radical (unpaired) electrons. The van der Waals surface area contributed by atoms with E-state index in [9.17, 15) is 4.79 Å². The summed E-state index contributed by atoms with van der Waals surface area (Å²) < 4.78 is 5.87. The summed E-state index contributed by atoms with van der Waals surface area (Å²) in [6.07, 6.45) is 2.51. The number of rotatable bonds is 9. The molecule has 0 heterocycles. The smallest absolute Gasteiger partial charge is 0.237 e. The summed E-state index contributed by atoms with van der Waals surface area (Å²) >= 11 is 0. The summed E-state index contributed by atoms with van der Waals surface area (Å²) in [7, 11) is 1.76. The maximum Gasteiger partial charge on any atom is 0.237 e. The minimum absolute atomic E-state index is 0.309.